The van der Waals surface area contributed by atoms with Crippen LogP contribution in [0.25, 0.3) is 0 Å². The van der Waals surface area contributed by atoms with Crippen LogP contribution in [0, 0.1) is 0 Å². The summed E-state index contributed by atoms with van der Waals surface area (Å²) >= 11 is 0. The summed E-state index contributed by atoms with van der Waals surface area (Å²) in [4.78, 5) is 0. The zero-order valence-corrected chi connectivity index (χ0v) is 6.59. The average Bonchev–Trinajstić information content (AvgIpc) is 2.17. The summed E-state index contributed by atoms with van der Waals surface area (Å²) < 4.78 is 0. The highest BCUT2D eigenvalue weighted by Gasteiger charge is 2.20. The summed E-state index contributed by atoms with van der Waals surface area (Å²) in [6, 6.07) is 0.374. The van der Waals surface area contributed by atoms with E-state index in [2.05, 4.69) is 24.3 Å². The number of fused-ring (bicyclic) bond motifs is 1. The average molecular weight is 147 g/mol. The van der Waals surface area contributed by atoms with Crippen molar-refractivity contribution in [2.45, 2.75) is 25.3 Å². The van der Waals surface area contributed by atoms with Gasteiger partial charge in [-0.05, 0) is 30.4 Å². The van der Waals surface area contributed by atoms with Gasteiger partial charge in [0.05, 0.1) is 0 Å². The minimum absolute atomic E-state index is 0.374. The Kier molecular flexibility index (Phi) is 1.66. The Morgan fingerprint density at radius 2 is 2.09 bits per heavy atom. The number of hydrogen-bond acceptors (Lipinski definition) is 1. The van der Waals surface area contributed by atoms with E-state index in [4.69, 9.17) is 5.73 Å². The molecule has 2 aliphatic rings. The van der Waals surface area contributed by atoms with E-state index in [-0.39, 0.29) is 0 Å². The van der Waals surface area contributed by atoms with E-state index in [9.17, 15) is 0 Å². The maximum atomic E-state index is 5.84. The van der Waals surface area contributed by atoms with E-state index >= 15 is 0 Å². The van der Waals surface area contributed by atoms with Crippen LogP contribution in [0.5, 0.6) is 0 Å². The van der Waals surface area contributed by atoms with Crippen molar-refractivity contribution < 1.29 is 0 Å². The molecule has 2 aliphatic carbocycles. The second kappa shape index (κ2) is 2.67. The highest BCUT2D eigenvalue weighted by Crippen LogP contribution is 2.30. The molecule has 58 valence electrons. The molecule has 11 heavy (non-hydrogen) atoms. The quantitative estimate of drug-likeness (QED) is 0.556. The molecule has 1 fully saturated rings. The van der Waals surface area contributed by atoms with Gasteiger partial charge >= 0.3 is 0 Å². The summed E-state index contributed by atoms with van der Waals surface area (Å²) in [5, 5.41) is 0. The van der Waals surface area contributed by atoms with Crippen LogP contribution in [0.15, 0.2) is 35.5 Å². The summed E-state index contributed by atoms with van der Waals surface area (Å²) in [7, 11) is 0. The molecule has 1 saturated carbocycles. The minimum atomic E-state index is 0.374. The molecule has 1 nitrogen and oxygen atoms in total. The van der Waals surface area contributed by atoms with E-state index in [0.717, 1.165) is 19.3 Å². The van der Waals surface area contributed by atoms with Gasteiger partial charge in [-0.2, -0.15) is 0 Å². The first-order valence-electron chi connectivity index (χ1n) is 4.17. The van der Waals surface area contributed by atoms with Gasteiger partial charge in [0.15, 0.2) is 0 Å². The first-order valence-corrected chi connectivity index (χ1v) is 4.17. The molecule has 0 radical (unpaired) electrons. The van der Waals surface area contributed by atoms with Crippen molar-refractivity contribution in [3.05, 3.63) is 35.5 Å². The number of allylic oxidation sites excluding steroid dienone is 4. The zero-order valence-electron chi connectivity index (χ0n) is 6.59. The maximum Gasteiger partial charge on any atom is 0.0120 e. The van der Waals surface area contributed by atoms with Crippen molar-refractivity contribution in [3.63, 3.8) is 0 Å². The van der Waals surface area contributed by atoms with Gasteiger partial charge < -0.3 is 5.73 Å². The van der Waals surface area contributed by atoms with Crippen molar-refractivity contribution in [1.29, 1.82) is 0 Å². The minimum Gasteiger partial charge on any atom is -0.327 e. The normalized spacial score (nSPS) is 29.0. The van der Waals surface area contributed by atoms with Gasteiger partial charge in [-0.1, -0.05) is 24.3 Å². The Bertz CT molecular complexity index is 246. The fraction of sp³-hybridized carbons (Fsp3) is 0.400. The predicted molar refractivity (Wildman–Crippen MR) is 47.1 cm³/mol. The molecule has 0 saturated heterocycles. The highest BCUT2D eigenvalue weighted by molar-refractivity contribution is 5.41. The fourth-order valence-electron chi connectivity index (χ4n) is 1.76. The van der Waals surface area contributed by atoms with Crippen LogP contribution in [-0.2, 0) is 0 Å². The van der Waals surface area contributed by atoms with E-state index in [1.165, 1.54) is 11.1 Å². The molecule has 2 N–H and O–H groups in total. The molecule has 1 heteroatoms. The molecule has 0 aliphatic heterocycles. The molecular formula is C10H13N. The first-order chi connectivity index (χ1) is 5.36. The Morgan fingerprint density at radius 3 is 3.00 bits per heavy atom. The molecule has 0 heterocycles. The Labute approximate surface area is 67.3 Å². The second-order valence-electron chi connectivity index (χ2n) is 3.25. The van der Waals surface area contributed by atoms with Crippen LogP contribution in [0.2, 0.25) is 0 Å². The lowest BCUT2D eigenvalue weighted by molar-refractivity contribution is 0.734. The third-order valence-electron chi connectivity index (χ3n) is 2.31. The summed E-state index contributed by atoms with van der Waals surface area (Å²) in [6.45, 7) is 0. The maximum absolute atomic E-state index is 5.84. The molecule has 0 bridgehead atoms. The highest BCUT2D eigenvalue weighted by atomic mass is 14.6. The SMILES string of the molecule is NC1CC2=CC=CCC=C2C1. The van der Waals surface area contributed by atoms with Crippen LogP contribution in [0.1, 0.15) is 19.3 Å². The lowest BCUT2D eigenvalue weighted by atomic mass is 10.1. The van der Waals surface area contributed by atoms with Crippen molar-refractivity contribution in [3.8, 4) is 0 Å². The van der Waals surface area contributed by atoms with E-state index in [1.807, 2.05) is 0 Å². The summed E-state index contributed by atoms with van der Waals surface area (Å²) in [5.41, 5.74) is 8.76. The molecule has 0 aromatic rings. The smallest absolute Gasteiger partial charge is 0.0120 e. The predicted octanol–water partition coefficient (Wildman–Crippen LogP) is 1.92. The summed E-state index contributed by atoms with van der Waals surface area (Å²) in [6.07, 6.45) is 12.0. The monoisotopic (exact) mass is 147 g/mol. The molecule has 2 rings (SSSR count). The lowest BCUT2D eigenvalue weighted by Crippen LogP contribution is -2.13. The van der Waals surface area contributed by atoms with Gasteiger partial charge in [0, 0.05) is 6.04 Å². The Morgan fingerprint density at radius 1 is 1.27 bits per heavy atom. The molecule has 0 aromatic heterocycles. The molecule has 1 atom stereocenters. The van der Waals surface area contributed by atoms with E-state index in [1.54, 1.807) is 0 Å². The van der Waals surface area contributed by atoms with Crippen LogP contribution in [0.3, 0.4) is 0 Å². The summed E-state index contributed by atoms with van der Waals surface area (Å²) in [5.74, 6) is 0. The van der Waals surface area contributed by atoms with Crippen LogP contribution in [0.4, 0.5) is 0 Å². The molecule has 1 unspecified atom stereocenters. The molecule has 0 amide bonds. The molecule has 0 spiro atoms. The number of rotatable bonds is 0. The zero-order chi connectivity index (χ0) is 7.68. The van der Waals surface area contributed by atoms with Crippen molar-refractivity contribution in [2.75, 3.05) is 0 Å². The topological polar surface area (TPSA) is 26.0 Å². The van der Waals surface area contributed by atoms with Crippen LogP contribution in [-0.4, -0.2) is 6.04 Å². The second-order valence-corrected chi connectivity index (χ2v) is 3.25. The van der Waals surface area contributed by atoms with Gasteiger partial charge in [0.2, 0.25) is 0 Å². The molecular weight excluding hydrogens is 134 g/mol. The van der Waals surface area contributed by atoms with Gasteiger partial charge in [0.1, 0.15) is 0 Å². The van der Waals surface area contributed by atoms with Crippen LogP contribution < -0.4 is 5.73 Å². The third kappa shape index (κ3) is 1.29. The number of hydrogen-bond donors (Lipinski definition) is 1. The van der Waals surface area contributed by atoms with E-state index < -0.39 is 0 Å². The third-order valence-corrected chi connectivity index (χ3v) is 2.31. The molecule has 0 aromatic carbocycles. The van der Waals surface area contributed by atoms with Gasteiger partial charge in [-0.3, -0.25) is 0 Å². The Balaban J connectivity index is 2.30. The first kappa shape index (κ1) is 6.86. The fourth-order valence-corrected chi connectivity index (χ4v) is 1.76. The van der Waals surface area contributed by atoms with Gasteiger partial charge in [-0.15, -0.1) is 0 Å². The lowest BCUT2D eigenvalue weighted by Gasteiger charge is -1.94. The Hall–Kier alpha value is -0.820. The standard InChI is InChI=1S/C10H13N/c11-10-6-8-4-2-1-3-5-9(8)7-10/h1-2,4-5,10H,3,6-7,11H2. The van der Waals surface area contributed by atoms with E-state index in [0.29, 0.717) is 6.04 Å². The van der Waals surface area contributed by atoms with Crippen LogP contribution >= 0.6 is 0 Å². The van der Waals surface area contributed by atoms with Crippen molar-refractivity contribution in [2.24, 2.45) is 5.73 Å². The number of nitrogens with two attached hydrogens (primary N) is 1. The van der Waals surface area contributed by atoms with Crippen molar-refractivity contribution >= 4 is 0 Å². The van der Waals surface area contributed by atoms with Gasteiger partial charge in [0.25, 0.3) is 0 Å². The van der Waals surface area contributed by atoms with Crippen molar-refractivity contribution in [1.82, 2.24) is 0 Å². The largest absolute Gasteiger partial charge is 0.327 e. The van der Waals surface area contributed by atoms with Gasteiger partial charge in [-0.25, -0.2) is 0 Å².